The number of carboxylic acids is 1. The highest BCUT2D eigenvalue weighted by atomic mass is 32.1. The third-order valence-corrected chi connectivity index (χ3v) is 7.71. The molecule has 8 nitrogen and oxygen atoms in total. The molecule has 1 saturated heterocycles. The van der Waals surface area contributed by atoms with Crippen molar-refractivity contribution in [1.29, 1.82) is 0 Å². The summed E-state index contributed by atoms with van der Waals surface area (Å²) >= 11 is 5.81. The van der Waals surface area contributed by atoms with Crippen LogP contribution in [0.4, 0.5) is 5.69 Å². The Kier molecular flexibility index (Phi) is 7.66. The van der Waals surface area contributed by atoms with Crippen LogP contribution in [0.1, 0.15) is 57.1 Å². The number of para-hydroxylation sites is 1. The van der Waals surface area contributed by atoms with Gasteiger partial charge in [-0.15, -0.1) is 0 Å². The van der Waals surface area contributed by atoms with Crippen molar-refractivity contribution >= 4 is 34.9 Å². The van der Waals surface area contributed by atoms with E-state index in [1.54, 1.807) is 18.3 Å². The van der Waals surface area contributed by atoms with Crippen LogP contribution in [-0.2, 0) is 4.79 Å². The van der Waals surface area contributed by atoms with Gasteiger partial charge < -0.3 is 25.2 Å². The van der Waals surface area contributed by atoms with E-state index in [1.807, 2.05) is 75.4 Å². The fourth-order valence-electron chi connectivity index (χ4n) is 5.37. The smallest absolute Gasteiger partial charge is 0.335 e. The number of carbonyl (C=O) groups excluding carboxylic acids is 1. The fraction of sp³-hybridized carbons (Fsp3) is 0.226. The Morgan fingerprint density at radius 1 is 1.02 bits per heavy atom. The van der Waals surface area contributed by atoms with Gasteiger partial charge in [0.15, 0.2) is 5.11 Å². The second-order valence-electron chi connectivity index (χ2n) is 9.95. The van der Waals surface area contributed by atoms with Crippen LogP contribution in [-0.4, -0.2) is 43.1 Å². The summed E-state index contributed by atoms with van der Waals surface area (Å²) in [6, 6.07) is 22.1. The molecule has 1 fully saturated rings. The average molecular weight is 554 g/mol. The van der Waals surface area contributed by atoms with Crippen molar-refractivity contribution in [3.63, 3.8) is 0 Å². The number of rotatable bonds is 8. The maximum absolute atomic E-state index is 12.9. The maximum Gasteiger partial charge on any atom is 0.335 e. The minimum Gasteiger partial charge on any atom is -0.478 e. The first-order chi connectivity index (χ1) is 19.2. The van der Waals surface area contributed by atoms with E-state index < -0.39 is 5.97 Å². The summed E-state index contributed by atoms with van der Waals surface area (Å²) in [6.07, 6.45) is 2.03. The number of carboxylic acid groups (broad SMARTS) is 1. The van der Waals surface area contributed by atoms with Crippen LogP contribution in [0.2, 0.25) is 0 Å². The molecule has 3 heterocycles. The number of nitrogens with one attached hydrogen (secondary N) is 2. The van der Waals surface area contributed by atoms with Crippen molar-refractivity contribution in [2.75, 3.05) is 11.9 Å². The number of aromatic carboxylic acids is 1. The molecular formula is C31H31N5O3S. The second-order valence-corrected chi connectivity index (χ2v) is 10.3. The predicted molar refractivity (Wildman–Crippen MR) is 159 cm³/mol. The lowest BCUT2D eigenvalue weighted by atomic mass is 9.96. The molecule has 0 unspecified atom stereocenters. The predicted octanol–water partition coefficient (Wildman–Crippen LogP) is 5.50. The normalized spacial score (nSPS) is 16.6. The van der Waals surface area contributed by atoms with E-state index >= 15 is 0 Å². The maximum atomic E-state index is 12.9. The zero-order valence-electron chi connectivity index (χ0n) is 22.6. The lowest BCUT2D eigenvalue weighted by Crippen LogP contribution is -2.33. The molecule has 0 aliphatic carbocycles. The Morgan fingerprint density at radius 3 is 2.42 bits per heavy atom. The highest BCUT2D eigenvalue weighted by Gasteiger charge is 2.41. The van der Waals surface area contributed by atoms with Crippen molar-refractivity contribution in [1.82, 2.24) is 19.8 Å². The first-order valence-electron chi connectivity index (χ1n) is 13.1. The quantitative estimate of drug-likeness (QED) is 0.248. The Morgan fingerprint density at radius 2 is 1.75 bits per heavy atom. The van der Waals surface area contributed by atoms with Crippen molar-refractivity contribution in [3.05, 3.63) is 113 Å². The summed E-state index contributed by atoms with van der Waals surface area (Å²) in [5.74, 6) is -1.04. The Bertz CT molecular complexity index is 1570. The van der Waals surface area contributed by atoms with Gasteiger partial charge in [0.1, 0.15) is 0 Å². The first kappa shape index (κ1) is 27.1. The minimum atomic E-state index is -0.959. The first-order valence-corrected chi connectivity index (χ1v) is 13.5. The van der Waals surface area contributed by atoms with Gasteiger partial charge in [0.2, 0.25) is 5.91 Å². The number of benzene rings is 2. The molecule has 40 heavy (non-hydrogen) atoms. The molecule has 1 aliphatic heterocycles. The molecule has 0 bridgehead atoms. The Labute approximate surface area is 238 Å². The lowest BCUT2D eigenvalue weighted by Gasteiger charge is -2.28. The number of hydrogen-bond acceptors (Lipinski definition) is 4. The number of thiocarbonyl (C=S) groups is 1. The molecule has 2 aromatic heterocycles. The lowest BCUT2D eigenvalue weighted by molar-refractivity contribution is -0.116. The summed E-state index contributed by atoms with van der Waals surface area (Å²) < 4.78 is 2.11. The topological polar surface area (TPSA) is 99.5 Å². The van der Waals surface area contributed by atoms with Gasteiger partial charge >= 0.3 is 5.97 Å². The zero-order chi connectivity index (χ0) is 28.4. The number of nitrogens with zero attached hydrogens (tertiary/aromatic N) is 3. The van der Waals surface area contributed by atoms with Gasteiger partial charge in [-0.25, -0.2) is 4.79 Å². The molecule has 0 spiro atoms. The van der Waals surface area contributed by atoms with Crippen molar-refractivity contribution < 1.29 is 14.7 Å². The van der Waals surface area contributed by atoms with E-state index in [9.17, 15) is 14.7 Å². The minimum absolute atomic E-state index is 0.0823. The van der Waals surface area contributed by atoms with E-state index in [4.69, 9.17) is 12.2 Å². The Balaban J connectivity index is 1.47. The molecule has 0 radical (unpaired) electrons. The summed E-state index contributed by atoms with van der Waals surface area (Å²) in [6.45, 7) is 6.47. The largest absolute Gasteiger partial charge is 0.478 e. The molecule has 1 amide bonds. The number of hydrogen-bond donors (Lipinski definition) is 3. The van der Waals surface area contributed by atoms with Gasteiger partial charge in [-0.05, 0) is 92.6 Å². The molecule has 4 aromatic rings. The van der Waals surface area contributed by atoms with E-state index in [2.05, 4.69) is 31.2 Å². The summed E-state index contributed by atoms with van der Waals surface area (Å²) in [5, 5.41) is 16.4. The fourth-order valence-corrected chi connectivity index (χ4v) is 5.70. The third-order valence-electron chi connectivity index (χ3n) is 7.36. The van der Waals surface area contributed by atoms with Gasteiger partial charge in [0.05, 0.1) is 23.3 Å². The molecule has 3 N–H and O–H groups in total. The molecular weight excluding hydrogens is 522 g/mol. The van der Waals surface area contributed by atoms with Crippen LogP contribution < -0.4 is 10.6 Å². The SMILES string of the molecule is Cc1ccccc1NC(=O)CCN1C(=S)N[C@@H](c2ccccn2)[C@H]1c1cc(C)n(-c2ccc(C(=O)O)cc2)c1C. The highest BCUT2D eigenvalue weighted by molar-refractivity contribution is 7.80. The van der Waals surface area contributed by atoms with E-state index in [-0.39, 0.29) is 30.0 Å². The van der Waals surface area contributed by atoms with Crippen LogP contribution in [0.25, 0.3) is 5.69 Å². The molecule has 2 atom stereocenters. The molecule has 9 heteroatoms. The Hall–Kier alpha value is -4.50. The van der Waals surface area contributed by atoms with Gasteiger partial charge in [-0.3, -0.25) is 9.78 Å². The number of aromatic nitrogens is 2. The summed E-state index contributed by atoms with van der Waals surface area (Å²) in [4.78, 5) is 31.0. The number of carbonyl (C=O) groups is 2. The highest BCUT2D eigenvalue weighted by Crippen LogP contribution is 2.41. The summed E-state index contributed by atoms with van der Waals surface area (Å²) in [7, 11) is 0. The number of amides is 1. The zero-order valence-corrected chi connectivity index (χ0v) is 23.4. The van der Waals surface area contributed by atoms with Gasteiger partial charge in [0, 0.05) is 41.9 Å². The van der Waals surface area contributed by atoms with Crippen LogP contribution >= 0.6 is 12.2 Å². The van der Waals surface area contributed by atoms with E-state index in [0.717, 1.165) is 39.6 Å². The third kappa shape index (κ3) is 5.33. The molecule has 0 saturated carbocycles. The number of pyridine rings is 1. The second kappa shape index (κ2) is 11.3. The van der Waals surface area contributed by atoms with Crippen molar-refractivity contribution in [2.45, 2.75) is 39.3 Å². The molecule has 5 rings (SSSR count). The van der Waals surface area contributed by atoms with Crippen molar-refractivity contribution in [3.8, 4) is 5.69 Å². The molecule has 1 aliphatic rings. The standard InChI is InChI=1S/C31H31N5O3S/c1-19-8-4-5-9-25(19)33-27(37)15-17-35-29(28(34-31(35)40)26-10-6-7-16-32-26)24-18-20(2)36(21(24)3)23-13-11-22(12-14-23)30(38)39/h4-14,16,18,28-29H,15,17H2,1-3H3,(H,33,37)(H,34,40)(H,38,39)/t28-,29+/m0/s1. The summed E-state index contributed by atoms with van der Waals surface area (Å²) in [5.41, 5.74) is 6.85. The van der Waals surface area contributed by atoms with Gasteiger partial charge in [-0.1, -0.05) is 24.3 Å². The van der Waals surface area contributed by atoms with Gasteiger partial charge in [0.25, 0.3) is 0 Å². The van der Waals surface area contributed by atoms with E-state index in [1.165, 1.54) is 0 Å². The average Bonchev–Trinajstić information content (AvgIpc) is 3.43. The monoisotopic (exact) mass is 553 g/mol. The van der Waals surface area contributed by atoms with Crippen LogP contribution in [0.5, 0.6) is 0 Å². The van der Waals surface area contributed by atoms with Gasteiger partial charge in [-0.2, -0.15) is 0 Å². The van der Waals surface area contributed by atoms with Crippen LogP contribution in [0, 0.1) is 20.8 Å². The van der Waals surface area contributed by atoms with E-state index in [0.29, 0.717) is 11.7 Å². The number of aryl methyl sites for hydroxylation is 2. The number of anilines is 1. The molecule has 204 valence electrons. The van der Waals surface area contributed by atoms with Crippen molar-refractivity contribution in [2.24, 2.45) is 0 Å². The van der Waals surface area contributed by atoms with Crippen LogP contribution in [0.3, 0.4) is 0 Å². The van der Waals surface area contributed by atoms with Crippen LogP contribution in [0.15, 0.2) is 79.0 Å². The molecule has 2 aromatic carbocycles.